The summed E-state index contributed by atoms with van der Waals surface area (Å²) in [5.74, 6) is -0.392. The van der Waals surface area contributed by atoms with Crippen molar-refractivity contribution in [3.8, 4) is 0 Å². The molecule has 0 spiro atoms. The third-order valence-corrected chi connectivity index (χ3v) is 2.54. The summed E-state index contributed by atoms with van der Waals surface area (Å²) in [6.07, 6.45) is -2.72. The molecule has 1 heterocycles. The molecule has 6 heteroatoms. The number of rotatable bonds is 4. The number of carbonyl (C=O) groups excluding carboxylic acids is 1. The number of benzene rings is 1. The maximum Gasteiger partial charge on any atom is 0.401 e. The lowest BCUT2D eigenvalue weighted by atomic mass is 10.1. The van der Waals surface area contributed by atoms with E-state index in [2.05, 4.69) is 10.3 Å². The molecule has 2 rings (SSSR count). The Labute approximate surface area is 107 Å². The number of pyridine rings is 1. The molecule has 0 unspecified atom stereocenters. The number of fused-ring (bicyclic) bond motifs is 1. The fourth-order valence-corrected chi connectivity index (χ4v) is 1.66. The molecular weight excluding hydrogens is 257 g/mol. The number of hydrogen-bond acceptors (Lipinski definition) is 3. The number of nitrogens with zero attached hydrogens (tertiary/aromatic N) is 1. The van der Waals surface area contributed by atoms with Crippen LogP contribution in [0, 0.1) is 0 Å². The number of hydrogen-bond donors (Lipinski definition) is 1. The van der Waals surface area contributed by atoms with Crippen LogP contribution in [0.2, 0.25) is 0 Å². The van der Waals surface area contributed by atoms with Crippen LogP contribution < -0.4 is 5.32 Å². The van der Waals surface area contributed by atoms with E-state index in [-0.39, 0.29) is 6.54 Å². The summed E-state index contributed by atoms with van der Waals surface area (Å²) in [5, 5.41) is 2.95. The Balaban J connectivity index is 2.05. The molecule has 0 atom stereocenters. The monoisotopic (exact) mass is 268 g/mol. The van der Waals surface area contributed by atoms with Crippen molar-refractivity contribution in [2.24, 2.45) is 0 Å². The molecule has 0 amide bonds. The molecule has 3 nitrogen and oxygen atoms in total. The standard InChI is InChI=1S/C13H11F3N2O/c14-13(15,16)8-17-7-12(19)10-4-3-9-2-1-5-18-11(9)6-10/h1-6,17H,7-8H2. The average Bonchev–Trinajstić information content (AvgIpc) is 2.36. The fourth-order valence-electron chi connectivity index (χ4n) is 1.66. The number of carbonyl (C=O) groups is 1. The van der Waals surface area contributed by atoms with Crippen molar-refractivity contribution < 1.29 is 18.0 Å². The van der Waals surface area contributed by atoms with Gasteiger partial charge in [0.1, 0.15) is 0 Å². The second-order valence-corrected chi connectivity index (χ2v) is 4.05. The lowest BCUT2D eigenvalue weighted by Crippen LogP contribution is -2.32. The van der Waals surface area contributed by atoms with Crippen LogP contribution in [0.25, 0.3) is 10.9 Å². The van der Waals surface area contributed by atoms with Crippen molar-refractivity contribution in [3.63, 3.8) is 0 Å². The topological polar surface area (TPSA) is 42.0 Å². The molecule has 0 saturated heterocycles. The zero-order valence-electron chi connectivity index (χ0n) is 9.87. The van der Waals surface area contributed by atoms with Crippen LogP contribution in [-0.2, 0) is 0 Å². The Kier molecular flexibility index (Phi) is 3.80. The summed E-state index contributed by atoms with van der Waals surface area (Å²) < 4.78 is 35.8. The van der Waals surface area contributed by atoms with Gasteiger partial charge in [0.25, 0.3) is 0 Å². The Bertz CT molecular complexity index is 596. The van der Waals surface area contributed by atoms with Crippen molar-refractivity contribution in [2.75, 3.05) is 13.1 Å². The molecule has 1 aromatic carbocycles. The van der Waals surface area contributed by atoms with Crippen molar-refractivity contribution in [3.05, 3.63) is 42.1 Å². The SMILES string of the molecule is O=C(CNCC(F)(F)F)c1ccc2cccnc2c1. The van der Waals surface area contributed by atoms with E-state index in [9.17, 15) is 18.0 Å². The highest BCUT2D eigenvalue weighted by atomic mass is 19.4. The van der Waals surface area contributed by atoms with Gasteiger partial charge in [-0.05, 0) is 12.1 Å². The van der Waals surface area contributed by atoms with Crippen LogP contribution in [0.3, 0.4) is 0 Å². The van der Waals surface area contributed by atoms with Crippen molar-refractivity contribution in [1.82, 2.24) is 10.3 Å². The Hall–Kier alpha value is -1.95. The van der Waals surface area contributed by atoms with E-state index in [1.165, 1.54) is 0 Å². The van der Waals surface area contributed by atoms with E-state index in [1.54, 1.807) is 30.5 Å². The van der Waals surface area contributed by atoms with Crippen LogP contribution in [0.15, 0.2) is 36.5 Å². The van der Waals surface area contributed by atoms with Gasteiger partial charge < -0.3 is 5.32 Å². The molecule has 0 radical (unpaired) electrons. The van der Waals surface area contributed by atoms with Crippen LogP contribution in [0.1, 0.15) is 10.4 Å². The quantitative estimate of drug-likeness (QED) is 0.866. The van der Waals surface area contributed by atoms with Gasteiger partial charge in [0.2, 0.25) is 0 Å². The highest BCUT2D eigenvalue weighted by molar-refractivity contribution is 6.00. The molecule has 0 aliphatic heterocycles. The maximum atomic E-state index is 11.9. The molecule has 1 aromatic heterocycles. The third kappa shape index (κ3) is 3.75. The third-order valence-electron chi connectivity index (χ3n) is 2.54. The summed E-state index contributed by atoms with van der Waals surface area (Å²) in [4.78, 5) is 15.8. The van der Waals surface area contributed by atoms with E-state index < -0.39 is 18.5 Å². The highest BCUT2D eigenvalue weighted by Gasteiger charge is 2.26. The number of halogens is 3. The molecule has 0 fully saturated rings. The van der Waals surface area contributed by atoms with Crippen LogP contribution >= 0.6 is 0 Å². The summed E-state index contributed by atoms with van der Waals surface area (Å²) in [5.41, 5.74) is 0.991. The first kappa shape index (κ1) is 13.5. The summed E-state index contributed by atoms with van der Waals surface area (Å²) in [6.45, 7) is -1.53. The fraction of sp³-hybridized carbons (Fsp3) is 0.231. The first-order valence-electron chi connectivity index (χ1n) is 5.61. The number of Topliss-reactive ketones (excluding diaryl/α,β-unsaturated/α-hetero) is 1. The van der Waals surface area contributed by atoms with Gasteiger partial charge in [0, 0.05) is 17.1 Å². The molecule has 100 valence electrons. The molecular formula is C13H11F3N2O. The lowest BCUT2D eigenvalue weighted by molar-refractivity contribution is -0.124. The van der Waals surface area contributed by atoms with Gasteiger partial charge in [-0.1, -0.05) is 18.2 Å². The first-order valence-corrected chi connectivity index (χ1v) is 5.61. The minimum absolute atomic E-state index is 0.348. The van der Waals surface area contributed by atoms with E-state index in [0.29, 0.717) is 11.1 Å². The molecule has 1 N–H and O–H groups in total. The molecule has 0 saturated carbocycles. The number of ketones is 1. The Morgan fingerprint density at radius 1 is 1.26 bits per heavy atom. The normalized spacial score (nSPS) is 11.7. The van der Waals surface area contributed by atoms with Crippen molar-refractivity contribution >= 4 is 16.7 Å². The van der Waals surface area contributed by atoms with E-state index in [1.807, 2.05) is 6.07 Å². The van der Waals surface area contributed by atoms with Crippen LogP contribution in [0.4, 0.5) is 13.2 Å². The van der Waals surface area contributed by atoms with Gasteiger partial charge in [-0.2, -0.15) is 13.2 Å². The van der Waals surface area contributed by atoms with E-state index in [4.69, 9.17) is 0 Å². The zero-order valence-corrected chi connectivity index (χ0v) is 9.87. The first-order chi connectivity index (χ1) is 8.96. The molecule has 2 aromatic rings. The summed E-state index contributed by atoms with van der Waals surface area (Å²) in [6, 6.07) is 8.50. The van der Waals surface area contributed by atoms with Crippen LogP contribution in [-0.4, -0.2) is 30.0 Å². The van der Waals surface area contributed by atoms with Gasteiger partial charge in [0.15, 0.2) is 5.78 Å². The smallest absolute Gasteiger partial charge is 0.302 e. The second kappa shape index (κ2) is 5.36. The van der Waals surface area contributed by atoms with E-state index >= 15 is 0 Å². The maximum absolute atomic E-state index is 11.9. The second-order valence-electron chi connectivity index (χ2n) is 4.05. The molecule has 0 aliphatic rings. The molecule has 19 heavy (non-hydrogen) atoms. The molecule has 0 bridgehead atoms. The lowest BCUT2D eigenvalue weighted by Gasteiger charge is -2.07. The average molecular weight is 268 g/mol. The largest absolute Gasteiger partial charge is 0.401 e. The number of nitrogens with one attached hydrogen (secondary N) is 1. The van der Waals surface area contributed by atoms with Crippen molar-refractivity contribution in [2.45, 2.75) is 6.18 Å². The predicted molar refractivity (Wildman–Crippen MR) is 65.0 cm³/mol. The summed E-state index contributed by atoms with van der Waals surface area (Å²) >= 11 is 0. The van der Waals surface area contributed by atoms with E-state index in [0.717, 1.165) is 5.39 Å². The minimum Gasteiger partial charge on any atom is -0.302 e. The molecule has 0 aliphatic carbocycles. The van der Waals surface area contributed by atoms with Crippen molar-refractivity contribution in [1.29, 1.82) is 0 Å². The predicted octanol–water partition coefficient (Wildman–Crippen LogP) is 2.57. The van der Waals surface area contributed by atoms with Gasteiger partial charge in [-0.15, -0.1) is 0 Å². The number of aromatic nitrogens is 1. The Morgan fingerprint density at radius 3 is 2.79 bits per heavy atom. The number of alkyl halides is 3. The van der Waals surface area contributed by atoms with Gasteiger partial charge in [0.05, 0.1) is 18.6 Å². The highest BCUT2D eigenvalue weighted by Crippen LogP contribution is 2.14. The van der Waals surface area contributed by atoms with Gasteiger partial charge in [-0.25, -0.2) is 0 Å². The Morgan fingerprint density at radius 2 is 2.05 bits per heavy atom. The summed E-state index contributed by atoms with van der Waals surface area (Å²) in [7, 11) is 0. The van der Waals surface area contributed by atoms with Crippen LogP contribution in [0.5, 0.6) is 0 Å². The minimum atomic E-state index is -4.31. The van der Waals surface area contributed by atoms with Gasteiger partial charge >= 0.3 is 6.18 Å². The van der Waals surface area contributed by atoms with Gasteiger partial charge in [-0.3, -0.25) is 9.78 Å². The zero-order chi connectivity index (χ0) is 13.9.